The summed E-state index contributed by atoms with van der Waals surface area (Å²) in [5.74, 6) is -2.60. The molecule has 1 aromatic heterocycles. The van der Waals surface area contributed by atoms with Crippen molar-refractivity contribution in [3.8, 4) is 11.8 Å². The Labute approximate surface area is 151 Å². The molecule has 2 aromatic rings. The zero-order chi connectivity index (χ0) is 20.2. The van der Waals surface area contributed by atoms with E-state index in [0.717, 1.165) is 12.1 Å². The van der Waals surface area contributed by atoms with Crippen molar-refractivity contribution in [1.82, 2.24) is 4.98 Å². The highest BCUT2D eigenvalue weighted by atomic mass is 19.4. The van der Waals surface area contributed by atoms with Crippen LogP contribution in [-0.4, -0.2) is 26.9 Å². The SMILES string of the molecule is N#Cc1cc(Cc2ccc(C(F)(F)F)cc2)nc(C(=O)CCC(=O)O)c1O. The molecule has 2 rings (SSSR count). The quantitative estimate of drug-likeness (QED) is 0.746. The topological polar surface area (TPSA) is 111 Å². The van der Waals surface area contributed by atoms with Crippen LogP contribution in [-0.2, 0) is 17.4 Å². The molecule has 140 valence electrons. The highest BCUT2D eigenvalue weighted by Crippen LogP contribution is 2.30. The summed E-state index contributed by atoms with van der Waals surface area (Å²) in [4.78, 5) is 26.6. The number of rotatable bonds is 6. The van der Waals surface area contributed by atoms with Crippen LogP contribution in [0.25, 0.3) is 0 Å². The van der Waals surface area contributed by atoms with E-state index in [9.17, 15) is 27.9 Å². The molecule has 0 atom stereocenters. The predicted molar refractivity (Wildman–Crippen MR) is 86.1 cm³/mol. The number of Topliss-reactive ketones (excluding diaryl/α,β-unsaturated/α-hetero) is 1. The van der Waals surface area contributed by atoms with Crippen LogP contribution in [0.2, 0.25) is 0 Å². The smallest absolute Gasteiger partial charge is 0.416 e. The second-order valence-corrected chi connectivity index (χ2v) is 5.66. The molecule has 0 amide bonds. The number of halogens is 3. The first-order valence-electron chi connectivity index (χ1n) is 7.66. The summed E-state index contributed by atoms with van der Waals surface area (Å²) >= 11 is 0. The van der Waals surface area contributed by atoms with Crippen LogP contribution in [0.4, 0.5) is 13.2 Å². The number of nitriles is 1. The van der Waals surface area contributed by atoms with E-state index in [0.29, 0.717) is 5.56 Å². The summed E-state index contributed by atoms with van der Waals surface area (Å²) in [5, 5.41) is 27.7. The lowest BCUT2D eigenvalue weighted by atomic mass is 10.0. The van der Waals surface area contributed by atoms with Gasteiger partial charge in [-0.3, -0.25) is 9.59 Å². The Hall–Kier alpha value is -3.41. The van der Waals surface area contributed by atoms with Gasteiger partial charge in [0.05, 0.1) is 17.5 Å². The molecule has 0 spiro atoms. The summed E-state index contributed by atoms with van der Waals surface area (Å²) in [7, 11) is 0. The maximum absolute atomic E-state index is 12.6. The minimum Gasteiger partial charge on any atom is -0.504 e. The number of nitrogens with zero attached hydrogens (tertiary/aromatic N) is 2. The average Bonchev–Trinajstić information content (AvgIpc) is 2.60. The standard InChI is InChI=1S/C18H13F3N2O4/c19-18(20,21)12-3-1-10(2-4-12)7-13-8-11(9-22)17(27)16(23-13)14(24)5-6-15(25)26/h1-4,8,27H,5-7H2,(H,25,26). The van der Waals surface area contributed by atoms with Gasteiger partial charge in [-0.05, 0) is 23.8 Å². The molecule has 9 heteroatoms. The summed E-state index contributed by atoms with van der Waals surface area (Å²) in [6.07, 6.45) is -5.32. The maximum atomic E-state index is 12.6. The van der Waals surface area contributed by atoms with Gasteiger partial charge in [0.2, 0.25) is 0 Å². The molecule has 0 aliphatic heterocycles. The molecule has 0 aliphatic rings. The van der Waals surface area contributed by atoms with Gasteiger partial charge in [-0.15, -0.1) is 0 Å². The number of alkyl halides is 3. The Kier molecular flexibility index (Phi) is 5.80. The second-order valence-electron chi connectivity index (χ2n) is 5.66. The number of aromatic hydroxyl groups is 1. The summed E-state index contributed by atoms with van der Waals surface area (Å²) in [6.45, 7) is 0. The lowest BCUT2D eigenvalue weighted by Crippen LogP contribution is -2.09. The Balaban J connectivity index is 2.32. The van der Waals surface area contributed by atoms with Gasteiger partial charge in [-0.25, -0.2) is 4.98 Å². The van der Waals surface area contributed by atoms with E-state index >= 15 is 0 Å². The highest BCUT2D eigenvalue weighted by Gasteiger charge is 2.30. The zero-order valence-corrected chi connectivity index (χ0v) is 13.7. The number of hydrogen-bond donors (Lipinski definition) is 2. The Morgan fingerprint density at radius 3 is 2.30 bits per heavy atom. The van der Waals surface area contributed by atoms with Crippen LogP contribution in [0.5, 0.6) is 5.75 Å². The average molecular weight is 378 g/mol. The van der Waals surface area contributed by atoms with E-state index in [1.165, 1.54) is 18.2 Å². The zero-order valence-electron chi connectivity index (χ0n) is 13.7. The number of benzene rings is 1. The molecule has 0 bridgehead atoms. The molecule has 6 nitrogen and oxygen atoms in total. The van der Waals surface area contributed by atoms with Gasteiger partial charge in [-0.2, -0.15) is 18.4 Å². The van der Waals surface area contributed by atoms with Gasteiger partial charge in [0, 0.05) is 18.5 Å². The van der Waals surface area contributed by atoms with Gasteiger partial charge in [0.25, 0.3) is 0 Å². The number of carboxylic acids is 1. The first-order valence-corrected chi connectivity index (χ1v) is 7.66. The van der Waals surface area contributed by atoms with Crippen LogP contribution in [0.3, 0.4) is 0 Å². The van der Waals surface area contributed by atoms with Gasteiger partial charge >= 0.3 is 12.1 Å². The first-order chi connectivity index (χ1) is 12.6. The Bertz CT molecular complexity index is 916. The lowest BCUT2D eigenvalue weighted by Gasteiger charge is -2.10. The Morgan fingerprint density at radius 2 is 1.78 bits per heavy atom. The second kappa shape index (κ2) is 7.86. The number of pyridine rings is 1. The molecule has 0 aliphatic carbocycles. The van der Waals surface area contributed by atoms with Crippen molar-refractivity contribution in [2.24, 2.45) is 0 Å². The normalized spacial score (nSPS) is 11.0. The predicted octanol–water partition coefficient (Wildman–Crippen LogP) is 3.32. The fourth-order valence-corrected chi connectivity index (χ4v) is 2.32. The van der Waals surface area contributed by atoms with Crippen molar-refractivity contribution in [2.45, 2.75) is 25.4 Å². The van der Waals surface area contributed by atoms with Crippen molar-refractivity contribution >= 4 is 11.8 Å². The van der Waals surface area contributed by atoms with E-state index in [-0.39, 0.29) is 17.7 Å². The monoisotopic (exact) mass is 378 g/mol. The van der Waals surface area contributed by atoms with Gasteiger partial charge in [0.15, 0.2) is 11.5 Å². The van der Waals surface area contributed by atoms with Crippen molar-refractivity contribution in [3.05, 3.63) is 58.4 Å². The fourth-order valence-electron chi connectivity index (χ4n) is 2.32. The molecule has 0 fully saturated rings. The highest BCUT2D eigenvalue weighted by molar-refractivity contribution is 5.98. The van der Waals surface area contributed by atoms with E-state index in [4.69, 9.17) is 10.4 Å². The van der Waals surface area contributed by atoms with Crippen molar-refractivity contribution < 1.29 is 33.0 Å². The molecule has 0 saturated heterocycles. The van der Waals surface area contributed by atoms with Crippen molar-refractivity contribution in [1.29, 1.82) is 5.26 Å². The largest absolute Gasteiger partial charge is 0.504 e. The summed E-state index contributed by atoms with van der Waals surface area (Å²) in [6, 6.07) is 7.22. The third-order valence-electron chi connectivity index (χ3n) is 3.66. The lowest BCUT2D eigenvalue weighted by molar-refractivity contribution is -0.138. The maximum Gasteiger partial charge on any atom is 0.416 e. The number of hydrogen-bond acceptors (Lipinski definition) is 5. The third-order valence-corrected chi connectivity index (χ3v) is 3.66. The van der Waals surface area contributed by atoms with Gasteiger partial charge in [-0.1, -0.05) is 12.1 Å². The molecular weight excluding hydrogens is 365 g/mol. The van der Waals surface area contributed by atoms with E-state index < -0.39 is 47.8 Å². The van der Waals surface area contributed by atoms with Crippen LogP contribution < -0.4 is 0 Å². The third kappa shape index (κ3) is 5.04. The Morgan fingerprint density at radius 1 is 1.15 bits per heavy atom. The molecular formula is C18H13F3N2O4. The summed E-state index contributed by atoms with van der Waals surface area (Å²) in [5.41, 5.74) is -0.841. The van der Waals surface area contributed by atoms with E-state index in [2.05, 4.69) is 4.98 Å². The van der Waals surface area contributed by atoms with Crippen LogP contribution in [0, 0.1) is 11.3 Å². The number of carbonyl (C=O) groups is 2. The minimum atomic E-state index is -4.47. The number of carbonyl (C=O) groups excluding carboxylic acids is 1. The first kappa shape index (κ1) is 19.9. The number of ketones is 1. The number of aromatic nitrogens is 1. The van der Waals surface area contributed by atoms with Gasteiger partial charge < -0.3 is 10.2 Å². The fraction of sp³-hybridized carbons (Fsp3) is 0.222. The number of aliphatic carboxylic acids is 1. The van der Waals surface area contributed by atoms with E-state index in [1.807, 2.05) is 0 Å². The molecule has 27 heavy (non-hydrogen) atoms. The van der Waals surface area contributed by atoms with Crippen LogP contribution >= 0.6 is 0 Å². The minimum absolute atomic E-state index is 0.0201. The molecule has 1 aromatic carbocycles. The van der Waals surface area contributed by atoms with Crippen molar-refractivity contribution in [2.75, 3.05) is 0 Å². The molecule has 0 radical (unpaired) electrons. The molecule has 2 N–H and O–H groups in total. The number of carboxylic acid groups (broad SMARTS) is 1. The van der Waals surface area contributed by atoms with Gasteiger partial charge in [0.1, 0.15) is 11.8 Å². The van der Waals surface area contributed by atoms with E-state index in [1.54, 1.807) is 6.07 Å². The summed E-state index contributed by atoms with van der Waals surface area (Å²) < 4.78 is 37.8. The molecule has 0 unspecified atom stereocenters. The van der Waals surface area contributed by atoms with Crippen LogP contribution in [0.15, 0.2) is 30.3 Å². The molecule has 1 heterocycles. The van der Waals surface area contributed by atoms with Crippen LogP contribution in [0.1, 0.15) is 45.7 Å². The molecule has 0 saturated carbocycles. The van der Waals surface area contributed by atoms with Crippen molar-refractivity contribution in [3.63, 3.8) is 0 Å².